The zero-order chi connectivity index (χ0) is 18.4. The van der Waals surface area contributed by atoms with Gasteiger partial charge >= 0.3 is 0 Å². The number of nitrogens with one attached hydrogen (secondary N) is 1. The summed E-state index contributed by atoms with van der Waals surface area (Å²) in [4.78, 5) is 25.9. The van der Waals surface area contributed by atoms with Crippen molar-refractivity contribution in [3.63, 3.8) is 0 Å². The molecule has 0 atom stereocenters. The molecule has 0 heterocycles. The number of benzene rings is 2. The van der Waals surface area contributed by atoms with E-state index in [-0.39, 0.29) is 18.2 Å². The fourth-order valence-corrected chi connectivity index (χ4v) is 2.72. The number of nitrogens with zero attached hydrogens (tertiary/aromatic N) is 2. The third-order valence-corrected chi connectivity index (χ3v) is 3.95. The van der Waals surface area contributed by atoms with Crippen LogP contribution in [0.3, 0.4) is 0 Å². The number of anilines is 2. The summed E-state index contributed by atoms with van der Waals surface area (Å²) in [5.41, 5.74) is 4.04. The smallest absolute Gasteiger partial charge is 0.226 e. The van der Waals surface area contributed by atoms with Gasteiger partial charge in [-0.1, -0.05) is 18.2 Å². The highest BCUT2D eigenvalue weighted by Gasteiger charge is 2.17. The number of hydrogen-bond donors (Lipinski definition) is 1. The van der Waals surface area contributed by atoms with E-state index < -0.39 is 0 Å². The van der Waals surface area contributed by atoms with Crippen LogP contribution in [0.25, 0.3) is 0 Å². The number of carbonyl (C=O) groups is 2. The van der Waals surface area contributed by atoms with Crippen molar-refractivity contribution < 1.29 is 9.59 Å². The molecule has 2 rings (SSSR count). The molecule has 0 unspecified atom stereocenters. The highest BCUT2D eigenvalue weighted by atomic mass is 16.2. The average Bonchev–Trinajstić information content (AvgIpc) is 2.57. The highest BCUT2D eigenvalue weighted by molar-refractivity contribution is 5.95. The zero-order valence-corrected chi connectivity index (χ0v) is 14.7. The fourth-order valence-electron chi connectivity index (χ4n) is 2.72. The molecule has 2 aromatic carbocycles. The third kappa shape index (κ3) is 4.67. The first-order chi connectivity index (χ1) is 11.9. The Labute approximate surface area is 147 Å². The molecule has 0 saturated heterocycles. The molecule has 0 saturated carbocycles. The van der Waals surface area contributed by atoms with E-state index in [1.165, 1.54) is 6.92 Å². The van der Waals surface area contributed by atoms with Gasteiger partial charge in [0.2, 0.25) is 11.8 Å². The van der Waals surface area contributed by atoms with Crippen LogP contribution < -0.4 is 10.2 Å². The van der Waals surface area contributed by atoms with Gasteiger partial charge in [-0.25, -0.2) is 0 Å². The molecule has 5 nitrogen and oxygen atoms in total. The van der Waals surface area contributed by atoms with Crippen molar-refractivity contribution in [1.29, 1.82) is 5.26 Å². The van der Waals surface area contributed by atoms with Crippen LogP contribution in [0.1, 0.15) is 30.0 Å². The van der Waals surface area contributed by atoms with Crippen molar-refractivity contribution in [3.05, 3.63) is 59.2 Å². The van der Waals surface area contributed by atoms with Gasteiger partial charge in [0.15, 0.2) is 0 Å². The fraction of sp³-hybridized carbons (Fsp3) is 0.250. The van der Waals surface area contributed by atoms with Crippen LogP contribution in [-0.2, 0) is 9.59 Å². The predicted octanol–water partition coefficient (Wildman–Crippen LogP) is 3.56. The molecule has 0 fully saturated rings. The van der Waals surface area contributed by atoms with Gasteiger partial charge in [-0.05, 0) is 49.2 Å². The zero-order valence-electron chi connectivity index (χ0n) is 14.7. The maximum Gasteiger partial charge on any atom is 0.226 e. The minimum Gasteiger partial charge on any atom is -0.326 e. The second kappa shape index (κ2) is 8.11. The van der Waals surface area contributed by atoms with E-state index in [1.54, 1.807) is 29.2 Å². The SMILES string of the molecule is CC(=O)N(CCC(=O)Nc1ccc(C#N)cc1)c1c(C)cccc1C. The molecule has 0 bridgehead atoms. The lowest BCUT2D eigenvalue weighted by Crippen LogP contribution is -2.33. The van der Waals surface area contributed by atoms with E-state index in [4.69, 9.17) is 5.26 Å². The van der Waals surface area contributed by atoms with Crippen molar-refractivity contribution in [3.8, 4) is 6.07 Å². The Morgan fingerprint density at radius 3 is 2.20 bits per heavy atom. The molecule has 0 aliphatic heterocycles. The van der Waals surface area contributed by atoms with Crippen LogP contribution in [0.2, 0.25) is 0 Å². The molecule has 0 aliphatic rings. The number of aryl methyl sites for hydroxylation is 2. The molecular formula is C20H21N3O2. The van der Waals surface area contributed by atoms with E-state index in [0.717, 1.165) is 16.8 Å². The number of carbonyl (C=O) groups excluding carboxylic acids is 2. The molecule has 1 N–H and O–H groups in total. The number of hydrogen-bond acceptors (Lipinski definition) is 3. The van der Waals surface area contributed by atoms with E-state index in [9.17, 15) is 9.59 Å². The van der Waals surface area contributed by atoms with Crippen LogP contribution >= 0.6 is 0 Å². The third-order valence-electron chi connectivity index (χ3n) is 3.95. The first kappa shape index (κ1) is 18.2. The lowest BCUT2D eigenvalue weighted by atomic mass is 10.1. The van der Waals surface area contributed by atoms with E-state index in [2.05, 4.69) is 5.32 Å². The standard InChI is InChI=1S/C20H21N3O2/c1-14-5-4-6-15(2)20(14)23(16(3)24)12-11-19(25)22-18-9-7-17(13-21)8-10-18/h4-10H,11-12H2,1-3H3,(H,22,25). The summed E-state index contributed by atoms with van der Waals surface area (Å²) < 4.78 is 0. The maximum atomic E-state index is 12.2. The topological polar surface area (TPSA) is 73.2 Å². The number of amides is 2. The Balaban J connectivity index is 2.04. The molecule has 0 radical (unpaired) electrons. The summed E-state index contributed by atoms with van der Waals surface area (Å²) in [7, 11) is 0. The first-order valence-electron chi connectivity index (χ1n) is 8.06. The van der Waals surface area contributed by atoms with Gasteiger partial charge < -0.3 is 10.2 Å². The molecule has 128 valence electrons. The average molecular weight is 335 g/mol. The van der Waals surface area contributed by atoms with Gasteiger partial charge in [0.05, 0.1) is 11.6 Å². The van der Waals surface area contributed by atoms with Gasteiger partial charge in [0.25, 0.3) is 0 Å². The summed E-state index contributed by atoms with van der Waals surface area (Å²) in [6, 6.07) is 14.6. The largest absolute Gasteiger partial charge is 0.326 e. The van der Waals surface area contributed by atoms with Crippen molar-refractivity contribution in [2.45, 2.75) is 27.2 Å². The molecule has 0 spiro atoms. The molecule has 25 heavy (non-hydrogen) atoms. The summed E-state index contributed by atoms with van der Waals surface area (Å²) >= 11 is 0. The summed E-state index contributed by atoms with van der Waals surface area (Å²) in [6.45, 7) is 5.72. The minimum atomic E-state index is -0.179. The number of nitriles is 1. The van der Waals surface area contributed by atoms with Crippen molar-refractivity contribution >= 4 is 23.2 Å². The monoisotopic (exact) mass is 335 g/mol. The molecule has 2 amide bonds. The van der Waals surface area contributed by atoms with Gasteiger partial charge in [-0.2, -0.15) is 5.26 Å². The van der Waals surface area contributed by atoms with Gasteiger partial charge in [-0.3, -0.25) is 9.59 Å². The van der Waals surface area contributed by atoms with Crippen LogP contribution in [0, 0.1) is 25.2 Å². The molecular weight excluding hydrogens is 314 g/mol. The molecule has 0 aromatic heterocycles. The normalized spacial score (nSPS) is 10.0. The van der Waals surface area contributed by atoms with Crippen molar-refractivity contribution in [2.24, 2.45) is 0 Å². The van der Waals surface area contributed by atoms with Gasteiger partial charge in [0, 0.05) is 31.3 Å². The molecule has 5 heteroatoms. The summed E-state index contributed by atoms with van der Waals surface area (Å²) in [5, 5.41) is 11.6. The predicted molar refractivity (Wildman–Crippen MR) is 98.3 cm³/mol. The Hall–Kier alpha value is -3.13. The van der Waals surface area contributed by atoms with E-state index in [0.29, 0.717) is 17.8 Å². The Morgan fingerprint density at radius 1 is 1.08 bits per heavy atom. The van der Waals surface area contributed by atoms with E-state index >= 15 is 0 Å². The highest BCUT2D eigenvalue weighted by Crippen LogP contribution is 2.25. The quantitative estimate of drug-likeness (QED) is 0.908. The lowest BCUT2D eigenvalue weighted by molar-refractivity contribution is -0.117. The number of para-hydroxylation sites is 1. The maximum absolute atomic E-state index is 12.2. The van der Waals surface area contributed by atoms with Crippen LogP contribution in [0.5, 0.6) is 0 Å². The van der Waals surface area contributed by atoms with Crippen LogP contribution in [0.4, 0.5) is 11.4 Å². The second-order valence-electron chi connectivity index (χ2n) is 5.90. The Kier molecular flexibility index (Phi) is 5.91. The summed E-state index contributed by atoms with van der Waals surface area (Å²) in [6.07, 6.45) is 0.188. The summed E-state index contributed by atoms with van der Waals surface area (Å²) in [5.74, 6) is -0.272. The molecule has 2 aromatic rings. The van der Waals surface area contributed by atoms with Crippen molar-refractivity contribution in [2.75, 3.05) is 16.8 Å². The van der Waals surface area contributed by atoms with Crippen LogP contribution in [0.15, 0.2) is 42.5 Å². The van der Waals surface area contributed by atoms with Gasteiger partial charge in [-0.15, -0.1) is 0 Å². The first-order valence-corrected chi connectivity index (χ1v) is 8.06. The minimum absolute atomic E-state index is 0.0939. The van der Waals surface area contributed by atoms with Crippen molar-refractivity contribution in [1.82, 2.24) is 0 Å². The lowest BCUT2D eigenvalue weighted by Gasteiger charge is -2.25. The Bertz CT molecular complexity index is 800. The van der Waals surface area contributed by atoms with Crippen LogP contribution in [-0.4, -0.2) is 18.4 Å². The number of rotatable bonds is 5. The molecule has 0 aliphatic carbocycles. The second-order valence-corrected chi connectivity index (χ2v) is 5.90. The Morgan fingerprint density at radius 2 is 1.68 bits per heavy atom. The van der Waals surface area contributed by atoms with Gasteiger partial charge in [0.1, 0.15) is 0 Å². The van der Waals surface area contributed by atoms with E-state index in [1.807, 2.05) is 38.1 Å².